The fourth-order valence-electron chi connectivity index (χ4n) is 2.79. The van der Waals surface area contributed by atoms with E-state index in [1.807, 2.05) is 24.4 Å². The molecule has 2 N–H and O–H groups in total. The maximum Gasteiger partial charge on any atom is 0.325 e. The van der Waals surface area contributed by atoms with Crippen LogP contribution in [-0.2, 0) is 13.0 Å². The van der Waals surface area contributed by atoms with Gasteiger partial charge in [0.2, 0.25) is 0 Å². The molecule has 0 aliphatic carbocycles. The highest BCUT2D eigenvalue weighted by Gasteiger charge is 2.17. The third-order valence-electron chi connectivity index (χ3n) is 4.08. The van der Waals surface area contributed by atoms with Gasteiger partial charge in [-0.1, -0.05) is 6.07 Å². The summed E-state index contributed by atoms with van der Waals surface area (Å²) in [7, 11) is 0. The Labute approximate surface area is 156 Å². The Morgan fingerprint density at radius 2 is 1.93 bits per heavy atom. The molecule has 0 saturated carbocycles. The van der Waals surface area contributed by atoms with Gasteiger partial charge in [0.25, 0.3) is 0 Å². The molecule has 0 spiro atoms. The highest BCUT2D eigenvalue weighted by Crippen LogP contribution is 2.37. The Kier molecular flexibility index (Phi) is 4.86. The van der Waals surface area contributed by atoms with E-state index in [1.54, 1.807) is 35.3 Å². The Hall–Kier alpha value is -3.55. The molecule has 138 valence electrons. The first-order valence-electron chi connectivity index (χ1n) is 8.67. The van der Waals surface area contributed by atoms with Crippen LogP contribution in [0, 0.1) is 0 Å². The van der Waals surface area contributed by atoms with E-state index < -0.39 is 6.03 Å². The van der Waals surface area contributed by atoms with Crippen LogP contribution in [0.25, 0.3) is 0 Å². The highest BCUT2D eigenvalue weighted by molar-refractivity contribution is 6.00. The van der Waals surface area contributed by atoms with Gasteiger partial charge in [-0.25, -0.2) is 4.79 Å². The average Bonchev–Trinajstić information content (AvgIpc) is 3.15. The second-order valence-corrected chi connectivity index (χ2v) is 5.98. The van der Waals surface area contributed by atoms with Crippen LogP contribution in [0.15, 0.2) is 55.0 Å². The summed E-state index contributed by atoms with van der Waals surface area (Å²) in [5.41, 5.74) is 1.74. The van der Waals surface area contributed by atoms with Gasteiger partial charge in [0, 0.05) is 31.2 Å². The molecule has 0 bridgehead atoms. The number of hydrogen-bond acceptors (Lipinski definition) is 5. The molecule has 0 unspecified atom stereocenters. The molecule has 1 aromatic carbocycles. The van der Waals surface area contributed by atoms with Gasteiger partial charge in [0.05, 0.1) is 5.69 Å². The summed E-state index contributed by atoms with van der Waals surface area (Å²) >= 11 is 0. The van der Waals surface area contributed by atoms with Crippen LogP contribution in [0.4, 0.5) is 16.3 Å². The van der Waals surface area contributed by atoms with Crippen molar-refractivity contribution < 1.29 is 14.3 Å². The van der Waals surface area contributed by atoms with Crippen LogP contribution in [0.1, 0.15) is 5.56 Å². The minimum absolute atomic E-state index is 0.392. The Morgan fingerprint density at radius 1 is 1.07 bits per heavy atom. The molecule has 2 aromatic heterocycles. The molecule has 1 aliphatic heterocycles. The number of carbonyl (C=O) groups excluding carboxylic acids is 1. The first-order valence-corrected chi connectivity index (χ1v) is 8.67. The van der Waals surface area contributed by atoms with Crippen LogP contribution < -0.4 is 20.1 Å². The van der Waals surface area contributed by atoms with Gasteiger partial charge < -0.3 is 14.8 Å². The fourth-order valence-corrected chi connectivity index (χ4v) is 2.79. The van der Waals surface area contributed by atoms with E-state index in [2.05, 4.69) is 20.7 Å². The molecule has 27 heavy (non-hydrogen) atoms. The first kappa shape index (κ1) is 16.9. The number of pyridine rings is 1. The molecule has 4 rings (SSSR count). The van der Waals surface area contributed by atoms with Crippen molar-refractivity contribution >= 4 is 17.5 Å². The third-order valence-corrected chi connectivity index (χ3v) is 4.08. The zero-order valence-electron chi connectivity index (χ0n) is 14.6. The van der Waals surface area contributed by atoms with Crippen molar-refractivity contribution in [2.75, 3.05) is 23.8 Å². The van der Waals surface area contributed by atoms with Crippen molar-refractivity contribution in [2.24, 2.45) is 0 Å². The first-order chi connectivity index (χ1) is 13.3. The number of aryl methyl sites for hydroxylation is 2. The lowest BCUT2D eigenvalue weighted by molar-refractivity contribution is 0.172. The monoisotopic (exact) mass is 365 g/mol. The summed E-state index contributed by atoms with van der Waals surface area (Å²) < 4.78 is 12.9. The molecular formula is C19H19N5O3. The third kappa shape index (κ3) is 4.17. The maximum absolute atomic E-state index is 12.3. The Morgan fingerprint density at radius 3 is 2.81 bits per heavy atom. The van der Waals surface area contributed by atoms with E-state index in [-0.39, 0.29) is 0 Å². The molecule has 0 radical (unpaired) electrons. The van der Waals surface area contributed by atoms with Crippen LogP contribution >= 0.6 is 0 Å². The predicted octanol–water partition coefficient (Wildman–Crippen LogP) is 2.94. The smallest absolute Gasteiger partial charge is 0.325 e. The molecule has 8 heteroatoms. The molecule has 0 atom stereocenters. The van der Waals surface area contributed by atoms with Crippen molar-refractivity contribution in [1.82, 2.24) is 14.8 Å². The number of ether oxygens (including phenoxy) is 2. The molecule has 1 aliphatic rings. The number of rotatable bonds is 5. The summed E-state index contributed by atoms with van der Waals surface area (Å²) in [5.74, 6) is 1.64. The van der Waals surface area contributed by atoms with Gasteiger partial charge in [-0.05, 0) is 36.2 Å². The second-order valence-electron chi connectivity index (χ2n) is 5.98. The SMILES string of the molecule is O=C(Nc1ccn(CCc2ccncc2)n1)Nc1cccc2c1OCCO2. The molecular weight excluding hydrogens is 346 g/mol. The Bertz CT molecular complexity index is 926. The number of nitrogens with zero attached hydrogens (tertiary/aromatic N) is 3. The van der Waals surface area contributed by atoms with Gasteiger partial charge in [-0.3, -0.25) is 15.0 Å². The number of aromatic nitrogens is 3. The van der Waals surface area contributed by atoms with Gasteiger partial charge >= 0.3 is 6.03 Å². The number of hydrogen-bond donors (Lipinski definition) is 2. The lowest BCUT2D eigenvalue weighted by Crippen LogP contribution is -2.22. The highest BCUT2D eigenvalue weighted by atomic mass is 16.6. The predicted molar refractivity (Wildman–Crippen MR) is 100 cm³/mol. The number of urea groups is 1. The van der Waals surface area contributed by atoms with Crippen LogP contribution in [0.5, 0.6) is 11.5 Å². The van der Waals surface area contributed by atoms with Crippen LogP contribution in [-0.4, -0.2) is 34.0 Å². The number of para-hydroxylation sites is 1. The quantitative estimate of drug-likeness (QED) is 0.725. The van der Waals surface area contributed by atoms with Crippen molar-refractivity contribution in [3.8, 4) is 11.5 Å². The zero-order valence-corrected chi connectivity index (χ0v) is 14.6. The lowest BCUT2D eigenvalue weighted by atomic mass is 10.2. The summed E-state index contributed by atoms with van der Waals surface area (Å²) in [4.78, 5) is 16.3. The summed E-state index contributed by atoms with van der Waals surface area (Å²) in [5, 5.41) is 9.87. The maximum atomic E-state index is 12.3. The van der Waals surface area contributed by atoms with E-state index in [1.165, 1.54) is 5.56 Å². The normalized spacial score (nSPS) is 12.4. The van der Waals surface area contributed by atoms with Gasteiger partial charge in [0.1, 0.15) is 13.2 Å². The number of amides is 2. The van der Waals surface area contributed by atoms with E-state index in [0.717, 1.165) is 6.42 Å². The molecule has 8 nitrogen and oxygen atoms in total. The molecule has 0 fully saturated rings. The summed E-state index contributed by atoms with van der Waals surface area (Å²) in [6.45, 7) is 1.67. The molecule has 3 aromatic rings. The van der Waals surface area contributed by atoms with Crippen molar-refractivity contribution in [3.05, 3.63) is 60.6 Å². The Balaban J connectivity index is 1.34. The van der Waals surface area contributed by atoms with E-state index in [0.29, 0.717) is 42.8 Å². The van der Waals surface area contributed by atoms with Crippen molar-refractivity contribution in [3.63, 3.8) is 0 Å². The number of fused-ring (bicyclic) bond motifs is 1. The topological polar surface area (TPSA) is 90.3 Å². The molecule has 0 saturated heterocycles. The number of benzene rings is 1. The van der Waals surface area contributed by atoms with Crippen molar-refractivity contribution in [1.29, 1.82) is 0 Å². The lowest BCUT2D eigenvalue weighted by Gasteiger charge is -2.20. The van der Waals surface area contributed by atoms with Crippen LogP contribution in [0.3, 0.4) is 0 Å². The van der Waals surface area contributed by atoms with E-state index in [9.17, 15) is 4.79 Å². The average molecular weight is 365 g/mol. The largest absolute Gasteiger partial charge is 0.486 e. The minimum Gasteiger partial charge on any atom is -0.486 e. The fraction of sp³-hybridized carbons (Fsp3) is 0.211. The van der Waals surface area contributed by atoms with E-state index in [4.69, 9.17) is 9.47 Å². The molecule has 2 amide bonds. The summed E-state index contributed by atoms with van der Waals surface area (Å²) in [6, 6.07) is 10.7. The van der Waals surface area contributed by atoms with Crippen molar-refractivity contribution in [2.45, 2.75) is 13.0 Å². The number of nitrogens with one attached hydrogen (secondary N) is 2. The van der Waals surface area contributed by atoms with Gasteiger partial charge in [-0.2, -0.15) is 5.10 Å². The van der Waals surface area contributed by atoms with Crippen LogP contribution in [0.2, 0.25) is 0 Å². The zero-order chi connectivity index (χ0) is 18.5. The van der Waals surface area contributed by atoms with Gasteiger partial charge in [0.15, 0.2) is 17.3 Å². The second kappa shape index (κ2) is 7.77. The number of carbonyl (C=O) groups is 1. The summed E-state index contributed by atoms with van der Waals surface area (Å²) in [6.07, 6.45) is 6.21. The van der Waals surface area contributed by atoms with Gasteiger partial charge in [-0.15, -0.1) is 0 Å². The standard InChI is InChI=1S/C19H19N5O3/c25-19(21-15-2-1-3-16-18(15)27-13-12-26-16)22-17-7-11-24(23-17)10-6-14-4-8-20-9-5-14/h1-5,7-9,11H,6,10,12-13H2,(H2,21,22,23,25). The van der Waals surface area contributed by atoms with E-state index >= 15 is 0 Å². The molecule has 3 heterocycles. The number of anilines is 2. The minimum atomic E-state index is -0.392.